The van der Waals surface area contributed by atoms with Crippen molar-refractivity contribution in [1.29, 1.82) is 0 Å². The Bertz CT molecular complexity index is 1250. The van der Waals surface area contributed by atoms with Crippen LogP contribution >= 0.6 is 0 Å². The molecule has 0 spiro atoms. The zero-order chi connectivity index (χ0) is 22.9. The molecule has 0 unspecified atom stereocenters. The Morgan fingerprint density at radius 1 is 0.788 bits per heavy atom. The van der Waals surface area contributed by atoms with Gasteiger partial charge in [-0.05, 0) is 37.1 Å². The smallest absolute Gasteiger partial charge is 0.329 e. The van der Waals surface area contributed by atoms with Gasteiger partial charge in [-0.2, -0.15) is 0 Å². The highest BCUT2D eigenvalue weighted by atomic mass is 16.2. The molecular formula is C25H29N5O3. The molecule has 3 aromatic rings. The Balaban J connectivity index is 1.20. The van der Waals surface area contributed by atoms with Crippen LogP contribution in [0, 0.1) is 0 Å². The predicted molar refractivity (Wildman–Crippen MR) is 127 cm³/mol. The van der Waals surface area contributed by atoms with Crippen LogP contribution in [0.1, 0.15) is 12.5 Å². The minimum absolute atomic E-state index is 0.0375. The maximum absolute atomic E-state index is 13.0. The van der Waals surface area contributed by atoms with E-state index < -0.39 is 0 Å². The number of para-hydroxylation sites is 3. The Hall–Kier alpha value is -3.39. The maximum Gasteiger partial charge on any atom is 0.329 e. The Morgan fingerprint density at radius 2 is 1.45 bits per heavy atom. The summed E-state index contributed by atoms with van der Waals surface area (Å²) in [6, 6.07) is 15.7. The number of nitrogens with zero attached hydrogens (tertiary/aromatic N) is 5. The normalized spacial score (nSPS) is 16.4. The molecule has 8 heteroatoms. The van der Waals surface area contributed by atoms with Crippen LogP contribution in [0.5, 0.6) is 0 Å². The molecule has 5 rings (SSSR count). The van der Waals surface area contributed by atoms with Crippen LogP contribution in [0.25, 0.3) is 11.0 Å². The summed E-state index contributed by atoms with van der Waals surface area (Å²) < 4.78 is 3.27. The van der Waals surface area contributed by atoms with Gasteiger partial charge in [-0.1, -0.05) is 30.3 Å². The predicted octanol–water partition coefficient (Wildman–Crippen LogP) is 1.56. The molecule has 2 amide bonds. The van der Waals surface area contributed by atoms with E-state index in [1.165, 1.54) is 5.56 Å². The SMILES string of the molecule is CCn1c(=O)n(CC(=O)N2CCN(CC(=O)N3CCc4ccccc43)CC2)c2ccccc21. The third-order valence-corrected chi connectivity index (χ3v) is 6.81. The molecule has 1 fully saturated rings. The highest BCUT2D eigenvalue weighted by Crippen LogP contribution is 2.27. The van der Waals surface area contributed by atoms with Crippen LogP contribution in [-0.2, 0) is 29.1 Å². The molecule has 1 saturated heterocycles. The second-order valence-corrected chi connectivity index (χ2v) is 8.68. The van der Waals surface area contributed by atoms with Crippen molar-refractivity contribution in [1.82, 2.24) is 18.9 Å². The molecule has 0 saturated carbocycles. The molecule has 2 aliphatic heterocycles. The fourth-order valence-corrected chi connectivity index (χ4v) is 5.00. The van der Waals surface area contributed by atoms with Gasteiger partial charge in [0.2, 0.25) is 11.8 Å². The minimum atomic E-state index is -0.151. The number of fused-ring (bicyclic) bond motifs is 2. The number of amides is 2. The van der Waals surface area contributed by atoms with E-state index >= 15 is 0 Å². The molecule has 0 N–H and O–H groups in total. The number of aromatic nitrogens is 2. The zero-order valence-corrected chi connectivity index (χ0v) is 18.9. The van der Waals surface area contributed by atoms with E-state index in [4.69, 9.17) is 0 Å². The number of carbonyl (C=O) groups excluding carboxylic acids is 2. The van der Waals surface area contributed by atoms with E-state index in [1.807, 2.05) is 54.3 Å². The summed E-state index contributed by atoms with van der Waals surface area (Å²) in [5.74, 6) is 0.0502. The van der Waals surface area contributed by atoms with Crippen LogP contribution in [0.4, 0.5) is 5.69 Å². The summed E-state index contributed by atoms with van der Waals surface area (Å²) in [5.41, 5.74) is 3.73. The molecule has 1 aromatic heterocycles. The Morgan fingerprint density at radius 3 is 2.18 bits per heavy atom. The lowest BCUT2D eigenvalue weighted by atomic mass is 10.2. The number of imidazole rings is 1. The molecule has 0 bridgehead atoms. The van der Waals surface area contributed by atoms with Crippen LogP contribution in [0.3, 0.4) is 0 Å². The van der Waals surface area contributed by atoms with Crippen LogP contribution < -0.4 is 10.6 Å². The van der Waals surface area contributed by atoms with Gasteiger partial charge in [0.25, 0.3) is 0 Å². The van der Waals surface area contributed by atoms with Crippen LogP contribution in [-0.4, -0.2) is 70.0 Å². The van der Waals surface area contributed by atoms with Gasteiger partial charge in [0, 0.05) is 45.0 Å². The molecule has 2 aromatic carbocycles. The fourth-order valence-electron chi connectivity index (χ4n) is 5.00. The van der Waals surface area contributed by atoms with Crippen molar-refractivity contribution in [2.45, 2.75) is 26.4 Å². The van der Waals surface area contributed by atoms with Gasteiger partial charge in [0.1, 0.15) is 6.54 Å². The summed E-state index contributed by atoms with van der Waals surface area (Å²) in [4.78, 5) is 44.5. The summed E-state index contributed by atoms with van der Waals surface area (Å²) in [6.45, 7) is 6.05. The minimum Gasteiger partial charge on any atom is -0.339 e. The van der Waals surface area contributed by atoms with E-state index in [1.54, 1.807) is 14.0 Å². The Labute approximate surface area is 192 Å². The topological polar surface area (TPSA) is 70.8 Å². The number of hydrogen-bond acceptors (Lipinski definition) is 4. The van der Waals surface area contributed by atoms with Gasteiger partial charge >= 0.3 is 5.69 Å². The number of aryl methyl sites for hydroxylation is 1. The number of hydrogen-bond donors (Lipinski definition) is 0. The van der Waals surface area contributed by atoms with Crippen LogP contribution in [0.2, 0.25) is 0 Å². The monoisotopic (exact) mass is 447 g/mol. The van der Waals surface area contributed by atoms with Gasteiger partial charge in [-0.15, -0.1) is 0 Å². The van der Waals surface area contributed by atoms with Crippen molar-refractivity contribution in [2.24, 2.45) is 0 Å². The summed E-state index contributed by atoms with van der Waals surface area (Å²) >= 11 is 0. The number of piperazine rings is 1. The second kappa shape index (κ2) is 8.86. The molecule has 0 atom stereocenters. The first kappa shape index (κ1) is 21.5. The van der Waals surface area contributed by atoms with Gasteiger partial charge in [0.15, 0.2) is 0 Å². The Kier molecular flexibility index (Phi) is 5.76. The third kappa shape index (κ3) is 3.95. The first-order valence-corrected chi connectivity index (χ1v) is 11.6. The van der Waals surface area contributed by atoms with E-state index in [-0.39, 0.29) is 24.0 Å². The van der Waals surface area contributed by atoms with E-state index in [2.05, 4.69) is 11.0 Å². The van der Waals surface area contributed by atoms with Gasteiger partial charge < -0.3 is 9.80 Å². The van der Waals surface area contributed by atoms with E-state index in [0.29, 0.717) is 39.3 Å². The molecule has 3 heterocycles. The second-order valence-electron chi connectivity index (χ2n) is 8.68. The van der Waals surface area contributed by atoms with Crippen molar-refractivity contribution in [3.8, 4) is 0 Å². The number of benzene rings is 2. The first-order valence-electron chi connectivity index (χ1n) is 11.6. The molecule has 172 valence electrons. The van der Waals surface area contributed by atoms with Crippen LogP contribution in [0.15, 0.2) is 53.3 Å². The number of rotatable bonds is 5. The van der Waals surface area contributed by atoms with Crippen molar-refractivity contribution in [3.63, 3.8) is 0 Å². The van der Waals surface area contributed by atoms with Crippen molar-refractivity contribution in [3.05, 3.63) is 64.6 Å². The van der Waals surface area contributed by atoms with E-state index in [0.717, 1.165) is 29.7 Å². The van der Waals surface area contributed by atoms with Crippen molar-refractivity contribution >= 4 is 28.5 Å². The lowest BCUT2D eigenvalue weighted by Crippen LogP contribution is -2.52. The molecule has 0 radical (unpaired) electrons. The third-order valence-electron chi connectivity index (χ3n) is 6.81. The van der Waals surface area contributed by atoms with E-state index in [9.17, 15) is 14.4 Å². The van der Waals surface area contributed by atoms with Crippen molar-refractivity contribution in [2.75, 3.05) is 44.2 Å². The average molecular weight is 448 g/mol. The molecule has 8 nitrogen and oxygen atoms in total. The standard InChI is InChI=1S/C25H29N5O3/c1-2-28-21-9-5-6-10-22(21)30(25(28)33)18-23(31)27-15-13-26(14-16-27)17-24(32)29-12-11-19-7-3-4-8-20(19)29/h3-10H,2,11-18H2,1H3. The largest absolute Gasteiger partial charge is 0.339 e. The van der Waals surface area contributed by atoms with Gasteiger partial charge in [0.05, 0.1) is 17.6 Å². The first-order chi connectivity index (χ1) is 16.1. The van der Waals surface area contributed by atoms with Crippen molar-refractivity contribution < 1.29 is 9.59 Å². The quantitative estimate of drug-likeness (QED) is 0.595. The summed E-state index contributed by atoms with van der Waals surface area (Å²) in [5, 5.41) is 0. The average Bonchev–Trinajstić information content (AvgIpc) is 3.38. The zero-order valence-electron chi connectivity index (χ0n) is 18.9. The summed E-state index contributed by atoms with van der Waals surface area (Å²) in [6.07, 6.45) is 0.901. The number of carbonyl (C=O) groups is 2. The van der Waals surface area contributed by atoms with Gasteiger partial charge in [-0.3, -0.25) is 23.6 Å². The maximum atomic E-state index is 13.0. The summed E-state index contributed by atoms with van der Waals surface area (Å²) in [7, 11) is 0. The highest BCUT2D eigenvalue weighted by molar-refractivity contribution is 5.96. The molecule has 2 aliphatic rings. The number of anilines is 1. The molecule has 33 heavy (non-hydrogen) atoms. The fraction of sp³-hybridized carbons (Fsp3) is 0.400. The van der Waals surface area contributed by atoms with Gasteiger partial charge in [-0.25, -0.2) is 4.79 Å². The lowest BCUT2D eigenvalue weighted by molar-refractivity contribution is -0.133. The lowest BCUT2D eigenvalue weighted by Gasteiger charge is -2.35. The highest BCUT2D eigenvalue weighted by Gasteiger charge is 2.28. The molecule has 0 aliphatic carbocycles. The molecular weight excluding hydrogens is 418 g/mol.